The van der Waals surface area contributed by atoms with Gasteiger partial charge in [0, 0.05) is 10.8 Å². The normalized spacial score (nSPS) is 56.4. The number of ether oxygens (including phenoxy) is 1. The maximum atomic E-state index is 11.8. The van der Waals surface area contributed by atoms with Crippen LogP contribution in [0.4, 0.5) is 0 Å². The summed E-state index contributed by atoms with van der Waals surface area (Å²) in [7, 11) is 0. The number of hydrogen-bond acceptors (Lipinski definition) is 2. The fourth-order valence-electron chi connectivity index (χ4n) is 4.06. The maximum Gasteiger partial charge on any atom is 0.311 e. The Morgan fingerprint density at radius 2 is 2.21 bits per heavy atom. The Morgan fingerprint density at radius 1 is 1.36 bits per heavy atom. The molecule has 0 N–H and O–H groups in total. The third kappa shape index (κ3) is 0.513. The van der Waals surface area contributed by atoms with Crippen molar-refractivity contribution in [3.63, 3.8) is 0 Å². The minimum Gasteiger partial charge on any atom is -0.458 e. The van der Waals surface area contributed by atoms with Crippen molar-refractivity contribution in [1.29, 1.82) is 0 Å². The molecule has 4 atom stereocenters. The number of hydrogen-bond donors (Lipinski definition) is 0. The van der Waals surface area contributed by atoms with Crippen molar-refractivity contribution in [1.82, 2.24) is 0 Å². The average molecular weight is 188 g/mol. The zero-order chi connectivity index (χ0) is 9.39. The molecule has 2 nitrogen and oxygen atoms in total. The van der Waals surface area contributed by atoms with E-state index < -0.39 is 0 Å². The lowest BCUT2D eigenvalue weighted by Crippen LogP contribution is -2.31. The third-order valence-electron chi connectivity index (χ3n) is 4.69. The molecule has 14 heavy (non-hydrogen) atoms. The van der Waals surface area contributed by atoms with Gasteiger partial charge in [0.25, 0.3) is 0 Å². The van der Waals surface area contributed by atoms with Crippen LogP contribution in [0.25, 0.3) is 0 Å². The number of allylic oxidation sites excluding steroid dienone is 3. The van der Waals surface area contributed by atoms with Crippen LogP contribution < -0.4 is 0 Å². The Bertz CT molecular complexity index is 395. The number of fused-ring (bicyclic) bond motifs is 1. The van der Waals surface area contributed by atoms with Gasteiger partial charge in [0.1, 0.15) is 6.10 Å². The van der Waals surface area contributed by atoms with Crippen LogP contribution >= 0.6 is 0 Å². The lowest BCUT2D eigenvalue weighted by Gasteiger charge is -2.32. The summed E-state index contributed by atoms with van der Waals surface area (Å²) in [6, 6.07) is 0. The summed E-state index contributed by atoms with van der Waals surface area (Å²) < 4.78 is 5.36. The van der Waals surface area contributed by atoms with Gasteiger partial charge in [-0.2, -0.15) is 0 Å². The fraction of sp³-hybridized carbons (Fsp3) is 0.583. The molecule has 0 aromatic carbocycles. The van der Waals surface area contributed by atoms with Crippen LogP contribution in [-0.4, -0.2) is 12.1 Å². The van der Waals surface area contributed by atoms with Gasteiger partial charge in [-0.3, -0.25) is 4.79 Å². The Kier molecular flexibility index (Phi) is 0.952. The summed E-state index contributed by atoms with van der Waals surface area (Å²) in [5.74, 6) is 0.218. The van der Waals surface area contributed by atoms with Crippen LogP contribution in [0.1, 0.15) is 19.3 Å². The zero-order valence-electron chi connectivity index (χ0n) is 7.90. The molecule has 4 rings (SSSR count). The molecule has 3 aliphatic carbocycles. The van der Waals surface area contributed by atoms with Crippen LogP contribution in [-0.2, 0) is 9.53 Å². The monoisotopic (exact) mass is 188 g/mol. The number of rotatable bonds is 0. The van der Waals surface area contributed by atoms with Crippen molar-refractivity contribution in [3.05, 3.63) is 24.3 Å². The molecule has 0 aromatic heterocycles. The van der Waals surface area contributed by atoms with Crippen LogP contribution in [0.2, 0.25) is 0 Å². The SMILES string of the molecule is O=C1O[C@@H]2C=C[C@@]34CC=CC[C@]3(C2)C14. The van der Waals surface area contributed by atoms with Gasteiger partial charge in [-0.05, 0) is 25.3 Å². The van der Waals surface area contributed by atoms with E-state index in [0.717, 1.165) is 19.3 Å². The van der Waals surface area contributed by atoms with E-state index in [9.17, 15) is 4.79 Å². The first-order valence-electron chi connectivity index (χ1n) is 5.33. The van der Waals surface area contributed by atoms with E-state index in [4.69, 9.17) is 4.74 Å². The topological polar surface area (TPSA) is 26.3 Å². The molecule has 1 aliphatic heterocycles. The molecular formula is C12H12O2. The summed E-state index contributed by atoms with van der Waals surface area (Å²) >= 11 is 0. The average Bonchev–Trinajstić information content (AvgIpc) is 2.83. The molecule has 2 fully saturated rings. The quantitative estimate of drug-likeness (QED) is 0.428. The first-order chi connectivity index (χ1) is 6.79. The summed E-state index contributed by atoms with van der Waals surface area (Å²) in [6.07, 6.45) is 12.1. The molecule has 1 saturated carbocycles. The Balaban J connectivity index is 1.94. The Morgan fingerprint density at radius 3 is 3.14 bits per heavy atom. The van der Waals surface area contributed by atoms with Crippen molar-refractivity contribution < 1.29 is 9.53 Å². The first-order valence-corrected chi connectivity index (χ1v) is 5.33. The largest absolute Gasteiger partial charge is 0.458 e. The van der Waals surface area contributed by atoms with Gasteiger partial charge in [-0.15, -0.1) is 0 Å². The second-order valence-electron chi connectivity index (χ2n) is 5.05. The second kappa shape index (κ2) is 1.83. The van der Waals surface area contributed by atoms with Crippen LogP contribution in [0.5, 0.6) is 0 Å². The Hall–Kier alpha value is -1.05. The van der Waals surface area contributed by atoms with Crippen molar-refractivity contribution in [2.45, 2.75) is 25.4 Å². The van der Waals surface area contributed by atoms with E-state index in [-0.39, 0.29) is 28.8 Å². The van der Waals surface area contributed by atoms with Crippen molar-refractivity contribution in [2.24, 2.45) is 16.7 Å². The molecule has 0 amide bonds. The van der Waals surface area contributed by atoms with E-state index >= 15 is 0 Å². The van der Waals surface area contributed by atoms with E-state index in [1.165, 1.54) is 0 Å². The van der Waals surface area contributed by atoms with Crippen molar-refractivity contribution in [3.8, 4) is 0 Å². The fourth-order valence-corrected chi connectivity index (χ4v) is 4.06. The minimum absolute atomic E-state index is 0.0509. The lowest BCUT2D eigenvalue weighted by molar-refractivity contribution is -0.154. The van der Waals surface area contributed by atoms with Gasteiger partial charge in [0.2, 0.25) is 0 Å². The molecule has 0 aromatic rings. The van der Waals surface area contributed by atoms with Gasteiger partial charge in [-0.25, -0.2) is 0 Å². The molecule has 4 aliphatic rings. The molecular weight excluding hydrogens is 176 g/mol. The van der Waals surface area contributed by atoms with E-state index in [0.29, 0.717) is 0 Å². The maximum absolute atomic E-state index is 11.8. The third-order valence-corrected chi connectivity index (χ3v) is 4.69. The highest BCUT2D eigenvalue weighted by molar-refractivity contribution is 5.83. The van der Waals surface area contributed by atoms with Crippen LogP contribution in [0.3, 0.4) is 0 Å². The Labute approximate surface area is 82.6 Å². The summed E-state index contributed by atoms with van der Waals surface area (Å²) in [5, 5.41) is 0. The standard InChI is InChI=1S/C12H12O2/c13-10-9-11-4-1-2-5-12(9,11)7-8(14-10)3-6-11/h1-3,6,8-9H,4-5,7H2/t8-,9?,11-,12+/m1/s1. The lowest BCUT2D eigenvalue weighted by atomic mass is 9.76. The van der Waals surface area contributed by atoms with Gasteiger partial charge in [0.15, 0.2) is 0 Å². The molecule has 72 valence electrons. The highest BCUT2D eigenvalue weighted by Crippen LogP contribution is 2.80. The van der Waals surface area contributed by atoms with E-state index in [1.54, 1.807) is 0 Å². The van der Waals surface area contributed by atoms with Gasteiger partial charge in [0.05, 0.1) is 5.92 Å². The van der Waals surface area contributed by atoms with E-state index in [2.05, 4.69) is 24.3 Å². The molecule has 1 heterocycles. The summed E-state index contributed by atoms with van der Waals surface area (Å²) in [4.78, 5) is 11.8. The molecule has 0 radical (unpaired) electrons. The van der Waals surface area contributed by atoms with Gasteiger partial charge < -0.3 is 4.74 Å². The minimum atomic E-state index is 0.0509. The molecule has 1 saturated heterocycles. The summed E-state index contributed by atoms with van der Waals surface area (Å²) in [5.41, 5.74) is 0.419. The van der Waals surface area contributed by atoms with Gasteiger partial charge in [-0.1, -0.05) is 18.2 Å². The summed E-state index contributed by atoms with van der Waals surface area (Å²) in [6.45, 7) is 0. The van der Waals surface area contributed by atoms with Crippen LogP contribution in [0.15, 0.2) is 24.3 Å². The molecule has 2 heteroatoms. The first kappa shape index (κ1) is 7.27. The van der Waals surface area contributed by atoms with E-state index in [1.807, 2.05) is 0 Å². The van der Waals surface area contributed by atoms with Crippen molar-refractivity contribution in [2.75, 3.05) is 0 Å². The predicted molar refractivity (Wildman–Crippen MR) is 50.4 cm³/mol. The number of carbonyl (C=O) groups excluding carboxylic acids is 1. The van der Waals surface area contributed by atoms with Crippen LogP contribution in [0, 0.1) is 16.7 Å². The predicted octanol–water partition coefficient (Wildman–Crippen LogP) is 1.82. The van der Waals surface area contributed by atoms with Gasteiger partial charge >= 0.3 is 5.97 Å². The second-order valence-corrected chi connectivity index (χ2v) is 5.05. The number of carbonyl (C=O) groups is 1. The smallest absolute Gasteiger partial charge is 0.311 e. The zero-order valence-corrected chi connectivity index (χ0v) is 7.90. The van der Waals surface area contributed by atoms with Crippen molar-refractivity contribution >= 4 is 5.97 Å². The molecule has 1 spiro atoms. The highest BCUT2D eigenvalue weighted by Gasteiger charge is 2.81. The molecule has 2 bridgehead atoms. The molecule has 1 unspecified atom stereocenters. The number of esters is 1. The highest BCUT2D eigenvalue weighted by atomic mass is 16.5.